The van der Waals surface area contributed by atoms with Gasteiger partial charge in [-0.05, 0) is 43.9 Å². The summed E-state index contributed by atoms with van der Waals surface area (Å²) in [6, 6.07) is 2.58. The van der Waals surface area contributed by atoms with Crippen LogP contribution in [0.2, 0.25) is 0 Å². The van der Waals surface area contributed by atoms with E-state index in [1.54, 1.807) is 0 Å². The highest BCUT2D eigenvalue weighted by atomic mass is 16.5. The predicted molar refractivity (Wildman–Crippen MR) is 83.0 cm³/mol. The molecule has 1 atom stereocenters. The van der Waals surface area contributed by atoms with Gasteiger partial charge >= 0.3 is 0 Å². The molecule has 2 rings (SSSR count). The number of hydrogen-bond donors (Lipinski definition) is 1. The number of pyridine rings is 1. The molecule has 1 saturated carbocycles. The Morgan fingerprint density at radius 3 is 2.60 bits per heavy atom. The lowest BCUT2D eigenvalue weighted by molar-refractivity contribution is 0.321. The van der Waals surface area contributed by atoms with Gasteiger partial charge in [-0.3, -0.25) is 4.98 Å². The lowest BCUT2D eigenvalue weighted by Gasteiger charge is -2.27. The highest BCUT2D eigenvalue weighted by Crippen LogP contribution is 2.34. The monoisotopic (exact) mass is 276 g/mol. The molecule has 0 radical (unpaired) electrons. The SMILES string of the molecule is CCNC(c1cncc(OCC)c1)C1CCCCCC1. The average molecular weight is 276 g/mol. The molecule has 1 aromatic heterocycles. The number of ether oxygens (including phenoxy) is 1. The van der Waals surface area contributed by atoms with Crippen LogP contribution in [0, 0.1) is 5.92 Å². The molecule has 0 spiro atoms. The molecule has 1 aliphatic carbocycles. The predicted octanol–water partition coefficient (Wildman–Crippen LogP) is 4.10. The van der Waals surface area contributed by atoms with Gasteiger partial charge in [-0.25, -0.2) is 0 Å². The highest BCUT2D eigenvalue weighted by Gasteiger charge is 2.24. The molecule has 1 fully saturated rings. The van der Waals surface area contributed by atoms with E-state index in [0.29, 0.717) is 12.6 Å². The first-order chi connectivity index (χ1) is 9.85. The summed E-state index contributed by atoms with van der Waals surface area (Å²) in [4.78, 5) is 4.36. The van der Waals surface area contributed by atoms with Crippen LogP contribution in [0.15, 0.2) is 18.5 Å². The highest BCUT2D eigenvalue weighted by molar-refractivity contribution is 5.26. The van der Waals surface area contributed by atoms with E-state index in [9.17, 15) is 0 Å². The molecular formula is C17H28N2O. The van der Waals surface area contributed by atoms with Crippen molar-refractivity contribution in [2.75, 3.05) is 13.2 Å². The van der Waals surface area contributed by atoms with Crippen LogP contribution in [0.5, 0.6) is 5.75 Å². The fourth-order valence-electron chi connectivity index (χ4n) is 3.27. The summed E-state index contributed by atoms with van der Waals surface area (Å²) < 4.78 is 5.60. The van der Waals surface area contributed by atoms with Crippen molar-refractivity contribution < 1.29 is 4.74 Å². The summed E-state index contributed by atoms with van der Waals surface area (Å²) in [5.41, 5.74) is 1.28. The van der Waals surface area contributed by atoms with Crippen LogP contribution in [-0.4, -0.2) is 18.1 Å². The molecule has 1 N–H and O–H groups in total. The van der Waals surface area contributed by atoms with E-state index in [0.717, 1.165) is 18.2 Å². The molecule has 1 aliphatic rings. The van der Waals surface area contributed by atoms with Crippen LogP contribution in [-0.2, 0) is 0 Å². The normalized spacial score (nSPS) is 18.5. The number of hydrogen-bond acceptors (Lipinski definition) is 3. The first kappa shape index (κ1) is 15.3. The fourth-order valence-corrected chi connectivity index (χ4v) is 3.27. The van der Waals surface area contributed by atoms with Gasteiger partial charge in [0.05, 0.1) is 12.8 Å². The van der Waals surface area contributed by atoms with Crippen molar-refractivity contribution in [1.82, 2.24) is 10.3 Å². The minimum atomic E-state index is 0.422. The number of aromatic nitrogens is 1. The Morgan fingerprint density at radius 2 is 1.95 bits per heavy atom. The molecule has 20 heavy (non-hydrogen) atoms. The maximum Gasteiger partial charge on any atom is 0.137 e. The third-order valence-corrected chi connectivity index (χ3v) is 4.20. The molecule has 0 aromatic carbocycles. The third kappa shape index (κ3) is 4.20. The number of rotatable bonds is 6. The second-order valence-corrected chi connectivity index (χ2v) is 5.67. The maximum atomic E-state index is 5.60. The minimum absolute atomic E-state index is 0.422. The van der Waals surface area contributed by atoms with Gasteiger partial charge in [0, 0.05) is 12.2 Å². The fraction of sp³-hybridized carbons (Fsp3) is 0.706. The molecule has 112 valence electrons. The topological polar surface area (TPSA) is 34.2 Å². The Hall–Kier alpha value is -1.09. The van der Waals surface area contributed by atoms with Crippen molar-refractivity contribution in [3.8, 4) is 5.75 Å². The first-order valence-electron chi connectivity index (χ1n) is 8.16. The lowest BCUT2D eigenvalue weighted by Crippen LogP contribution is -2.28. The van der Waals surface area contributed by atoms with Gasteiger partial charge in [-0.1, -0.05) is 32.6 Å². The summed E-state index contributed by atoms with van der Waals surface area (Å²) in [6.07, 6.45) is 12.0. The molecule has 1 heterocycles. The molecule has 1 unspecified atom stereocenters. The first-order valence-corrected chi connectivity index (χ1v) is 8.16. The van der Waals surface area contributed by atoms with Crippen molar-refractivity contribution in [3.63, 3.8) is 0 Å². The van der Waals surface area contributed by atoms with E-state index in [4.69, 9.17) is 4.74 Å². The zero-order valence-corrected chi connectivity index (χ0v) is 12.9. The Balaban J connectivity index is 2.15. The van der Waals surface area contributed by atoms with Gasteiger partial charge in [0.1, 0.15) is 5.75 Å². The summed E-state index contributed by atoms with van der Waals surface area (Å²) in [5, 5.41) is 3.67. The molecule has 3 heteroatoms. The van der Waals surface area contributed by atoms with Crippen LogP contribution in [0.1, 0.15) is 64.0 Å². The van der Waals surface area contributed by atoms with E-state index >= 15 is 0 Å². The Bertz CT molecular complexity index is 386. The van der Waals surface area contributed by atoms with Crippen molar-refractivity contribution in [2.24, 2.45) is 5.92 Å². The van der Waals surface area contributed by atoms with E-state index in [1.165, 1.54) is 44.1 Å². The van der Waals surface area contributed by atoms with Crippen molar-refractivity contribution in [2.45, 2.75) is 58.4 Å². The van der Waals surface area contributed by atoms with Crippen molar-refractivity contribution >= 4 is 0 Å². The molecule has 1 aromatic rings. The van der Waals surface area contributed by atoms with E-state index in [1.807, 2.05) is 19.3 Å². The zero-order chi connectivity index (χ0) is 14.2. The third-order valence-electron chi connectivity index (χ3n) is 4.20. The van der Waals surface area contributed by atoms with Crippen molar-refractivity contribution in [3.05, 3.63) is 24.0 Å². The summed E-state index contributed by atoms with van der Waals surface area (Å²) in [5.74, 6) is 1.62. The lowest BCUT2D eigenvalue weighted by atomic mass is 9.87. The number of nitrogens with one attached hydrogen (secondary N) is 1. The van der Waals surface area contributed by atoms with Crippen LogP contribution in [0.25, 0.3) is 0 Å². The van der Waals surface area contributed by atoms with Gasteiger partial charge in [0.15, 0.2) is 0 Å². The molecule has 0 amide bonds. The smallest absolute Gasteiger partial charge is 0.137 e. The van der Waals surface area contributed by atoms with E-state index in [2.05, 4.69) is 23.3 Å². The van der Waals surface area contributed by atoms with Gasteiger partial charge in [0.25, 0.3) is 0 Å². The average Bonchev–Trinajstić information content (AvgIpc) is 2.74. The van der Waals surface area contributed by atoms with Gasteiger partial charge in [-0.15, -0.1) is 0 Å². The van der Waals surface area contributed by atoms with Crippen LogP contribution < -0.4 is 10.1 Å². The van der Waals surface area contributed by atoms with Crippen molar-refractivity contribution in [1.29, 1.82) is 0 Å². The van der Waals surface area contributed by atoms with Crippen LogP contribution in [0.4, 0.5) is 0 Å². The molecule has 3 nitrogen and oxygen atoms in total. The molecule has 0 saturated heterocycles. The molecule has 0 aliphatic heterocycles. The quantitative estimate of drug-likeness (QED) is 0.794. The summed E-state index contributed by atoms with van der Waals surface area (Å²) in [7, 11) is 0. The van der Waals surface area contributed by atoms with Crippen LogP contribution in [0.3, 0.4) is 0 Å². The zero-order valence-electron chi connectivity index (χ0n) is 12.9. The van der Waals surface area contributed by atoms with Gasteiger partial charge in [0.2, 0.25) is 0 Å². The van der Waals surface area contributed by atoms with E-state index in [-0.39, 0.29) is 0 Å². The van der Waals surface area contributed by atoms with Gasteiger partial charge in [-0.2, -0.15) is 0 Å². The second-order valence-electron chi connectivity index (χ2n) is 5.67. The van der Waals surface area contributed by atoms with E-state index < -0.39 is 0 Å². The summed E-state index contributed by atoms with van der Waals surface area (Å²) in [6.45, 7) is 5.89. The minimum Gasteiger partial charge on any atom is -0.492 e. The summed E-state index contributed by atoms with van der Waals surface area (Å²) >= 11 is 0. The Kier molecular flexibility index (Phi) is 6.31. The van der Waals surface area contributed by atoms with Gasteiger partial charge < -0.3 is 10.1 Å². The Morgan fingerprint density at radius 1 is 1.20 bits per heavy atom. The largest absolute Gasteiger partial charge is 0.492 e. The standard InChI is InChI=1S/C17H28N2O/c1-3-19-17(14-9-7-5-6-8-10-14)15-11-16(20-4-2)13-18-12-15/h11-14,17,19H,3-10H2,1-2H3. The number of nitrogens with zero attached hydrogens (tertiary/aromatic N) is 1. The maximum absolute atomic E-state index is 5.60. The Labute approximate surface area is 123 Å². The van der Waals surface area contributed by atoms with Crippen LogP contribution >= 0.6 is 0 Å². The second kappa shape index (κ2) is 8.25. The molecule has 0 bridgehead atoms. The molecular weight excluding hydrogens is 248 g/mol.